The van der Waals surface area contributed by atoms with Crippen molar-refractivity contribution in [3.05, 3.63) is 70.8 Å². The molecule has 0 aliphatic rings. The molecule has 0 aromatic heterocycles. The number of halogens is 1. The quantitative estimate of drug-likeness (QED) is 0.733. The van der Waals surface area contributed by atoms with E-state index in [1.54, 1.807) is 7.11 Å². The smallest absolute Gasteiger partial charge is 0.118 e. The van der Waals surface area contributed by atoms with Crippen molar-refractivity contribution in [3.8, 4) is 17.6 Å². The van der Waals surface area contributed by atoms with E-state index in [9.17, 15) is 0 Å². The SMILES string of the molecule is COc1ccc(C#C/C=C/c2ccc(Cl)cc2)cc1. The van der Waals surface area contributed by atoms with Crippen LogP contribution >= 0.6 is 11.6 Å². The summed E-state index contributed by atoms with van der Waals surface area (Å²) in [5, 5.41) is 0.737. The standard InChI is InChI=1S/C17H13ClO/c1-19-17-12-8-15(9-13-17)5-3-2-4-14-6-10-16(18)11-7-14/h2,4,6-13H,1H3/b4-2+. The highest BCUT2D eigenvalue weighted by Gasteiger charge is 1.89. The Labute approximate surface area is 118 Å². The normalized spacial score (nSPS) is 10.0. The van der Waals surface area contributed by atoms with Crippen LogP contribution in [0.3, 0.4) is 0 Å². The summed E-state index contributed by atoms with van der Waals surface area (Å²) in [6, 6.07) is 15.3. The van der Waals surface area contributed by atoms with Crippen molar-refractivity contribution in [1.29, 1.82) is 0 Å². The molecule has 2 rings (SSSR count). The van der Waals surface area contributed by atoms with Crippen molar-refractivity contribution in [3.63, 3.8) is 0 Å². The first kappa shape index (κ1) is 13.3. The van der Waals surface area contributed by atoms with Gasteiger partial charge in [0.25, 0.3) is 0 Å². The topological polar surface area (TPSA) is 9.23 Å². The van der Waals surface area contributed by atoms with E-state index in [-0.39, 0.29) is 0 Å². The van der Waals surface area contributed by atoms with Crippen LogP contribution in [-0.4, -0.2) is 7.11 Å². The van der Waals surface area contributed by atoms with Crippen LogP contribution in [0.25, 0.3) is 6.08 Å². The van der Waals surface area contributed by atoms with Crippen LogP contribution in [0.2, 0.25) is 5.02 Å². The first-order chi connectivity index (χ1) is 9.28. The molecule has 2 aromatic rings. The highest BCUT2D eigenvalue weighted by atomic mass is 35.5. The van der Waals surface area contributed by atoms with Gasteiger partial charge in [-0.25, -0.2) is 0 Å². The molecule has 0 N–H and O–H groups in total. The zero-order valence-electron chi connectivity index (χ0n) is 10.6. The molecule has 0 fully saturated rings. The van der Waals surface area contributed by atoms with Crippen LogP contribution in [-0.2, 0) is 0 Å². The summed E-state index contributed by atoms with van der Waals surface area (Å²) in [7, 11) is 1.65. The Balaban J connectivity index is 2.01. The van der Waals surface area contributed by atoms with Gasteiger partial charge in [0.05, 0.1) is 7.11 Å². The van der Waals surface area contributed by atoms with Gasteiger partial charge < -0.3 is 4.74 Å². The van der Waals surface area contributed by atoms with Crippen LogP contribution in [0.5, 0.6) is 5.75 Å². The van der Waals surface area contributed by atoms with Gasteiger partial charge in [0.1, 0.15) is 5.75 Å². The largest absolute Gasteiger partial charge is 0.497 e. The van der Waals surface area contributed by atoms with Crippen molar-refractivity contribution < 1.29 is 4.74 Å². The molecule has 19 heavy (non-hydrogen) atoms. The maximum absolute atomic E-state index is 5.82. The van der Waals surface area contributed by atoms with Crippen LogP contribution in [0, 0.1) is 11.8 Å². The van der Waals surface area contributed by atoms with Crippen molar-refractivity contribution >= 4 is 17.7 Å². The van der Waals surface area contributed by atoms with E-state index >= 15 is 0 Å². The molecule has 0 atom stereocenters. The van der Waals surface area contributed by atoms with Gasteiger partial charge in [-0.2, -0.15) is 0 Å². The van der Waals surface area contributed by atoms with Crippen LogP contribution in [0.1, 0.15) is 11.1 Å². The van der Waals surface area contributed by atoms with Gasteiger partial charge in [-0.1, -0.05) is 35.6 Å². The average molecular weight is 269 g/mol. The molecule has 94 valence electrons. The summed E-state index contributed by atoms with van der Waals surface area (Å²) in [5.74, 6) is 6.89. The third-order valence-corrected chi connectivity index (χ3v) is 2.79. The number of rotatable bonds is 2. The van der Waals surface area contributed by atoms with E-state index in [0.717, 1.165) is 21.9 Å². The summed E-state index contributed by atoms with van der Waals surface area (Å²) in [6.45, 7) is 0. The number of benzene rings is 2. The molecule has 2 heteroatoms. The van der Waals surface area contributed by atoms with E-state index in [1.807, 2.05) is 60.7 Å². The predicted octanol–water partition coefficient (Wildman–Crippen LogP) is 4.41. The summed E-state index contributed by atoms with van der Waals surface area (Å²) < 4.78 is 5.09. The van der Waals surface area contributed by atoms with E-state index in [2.05, 4.69) is 11.8 Å². The zero-order valence-corrected chi connectivity index (χ0v) is 11.3. The van der Waals surface area contributed by atoms with Gasteiger partial charge in [0, 0.05) is 10.6 Å². The molecule has 0 radical (unpaired) electrons. The van der Waals surface area contributed by atoms with E-state index in [1.165, 1.54) is 0 Å². The summed E-state index contributed by atoms with van der Waals surface area (Å²) in [6.07, 6.45) is 3.78. The van der Waals surface area contributed by atoms with Gasteiger partial charge in [-0.3, -0.25) is 0 Å². The lowest BCUT2D eigenvalue weighted by molar-refractivity contribution is 0.415. The van der Waals surface area contributed by atoms with Gasteiger partial charge >= 0.3 is 0 Å². The summed E-state index contributed by atoms with van der Waals surface area (Å²) in [5.41, 5.74) is 2.04. The molecule has 0 bridgehead atoms. The van der Waals surface area contributed by atoms with E-state index in [0.29, 0.717) is 0 Å². The summed E-state index contributed by atoms with van der Waals surface area (Å²) in [4.78, 5) is 0. The Morgan fingerprint density at radius 3 is 2.32 bits per heavy atom. The van der Waals surface area contributed by atoms with Gasteiger partial charge in [-0.15, -0.1) is 0 Å². The number of hydrogen-bond donors (Lipinski definition) is 0. The number of allylic oxidation sites excluding steroid dienone is 1. The van der Waals surface area contributed by atoms with Crippen LogP contribution in [0.4, 0.5) is 0 Å². The number of ether oxygens (including phenoxy) is 1. The number of methoxy groups -OCH3 is 1. The maximum atomic E-state index is 5.82. The molecule has 0 spiro atoms. The minimum absolute atomic E-state index is 0.737. The van der Waals surface area contributed by atoms with Crippen molar-refractivity contribution in [2.45, 2.75) is 0 Å². The van der Waals surface area contributed by atoms with Crippen molar-refractivity contribution in [2.24, 2.45) is 0 Å². The minimum Gasteiger partial charge on any atom is -0.497 e. The fourth-order valence-electron chi connectivity index (χ4n) is 1.51. The zero-order chi connectivity index (χ0) is 13.5. The molecular weight excluding hydrogens is 256 g/mol. The molecule has 0 amide bonds. The third-order valence-electron chi connectivity index (χ3n) is 2.54. The second kappa shape index (κ2) is 6.68. The van der Waals surface area contributed by atoms with Gasteiger partial charge in [0.15, 0.2) is 0 Å². The highest BCUT2D eigenvalue weighted by molar-refractivity contribution is 6.30. The molecule has 0 saturated carbocycles. The molecular formula is C17H13ClO. The maximum Gasteiger partial charge on any atom is 0.118 e. The second-order valence-electron chi connectivity index (χ2n) is 3.88. The molecule has 1 nitrogen and oxygen atoms in total. The third kappa shape index (κ3) is 4.21. The Hall–Kier alpha value is -2.17. The van der Waals surface area contributed by atoms with Gasteiger partial charge in [0.2, 0.25) is 0 Å². The Morgan fingerprint density at radius 1 is 1.00 bits per heavy atom. The monoisotopic (exact) mass is 268 g/mol. The molecule has 0 aliphatic heterocycles. The average Bonchev–Trinajstić information content (AvgIpc) is 2.46. The number of hydrogen-bond acceptors (Lipinski definition) is 1. The molecule has 0 saturated heterocycles. The first-order valence-electron chi connectivity index (χ1n) is 5.85. The highest BCUT2D eigenvalue weighted by Crippen LogP contribution is 2.11. The Kier molecular flexibility index (Phi) is 4.66. The van der Waals surface area contributed by atoms with Crippen LogP contribution < -0.4 is 4.74 Å². The first-order valence-corrected chi connectivity index (χ1v) is 6.23. The lowest BCUT2D eigenvalue weighted by Gasteiger charge is -1.97. The minimum atomic E-state index is 0.737. The van der Waals surface area contributed by atoms with E-state index in [4.69, 9.17) is 16.3 Å². The Bertz CT molecular complexity index is 613. The Morgan fingerprint density at radius 2 is 1.68 bits per heavy atom. The fourth-order valence-corrected chi connectivity index (χ4v) is 1.64. The van der Waals surface area contributed by atoms with Crippen molar-refractivity contribution in [1.82, 2.24) is 0 Å². The fraction of sp³-hybridized carbons (Fsp3) is 0.0588. The molecule has 0 unspecified atom stereocenters. The van der Waals surface area contributed by atoms with Crippen LogP contribution in [0.15, 0.2) is 54.6 Å². The van der Waals surface area contributed by atoms with Gasteiger partial charge in [-0.05, 0) is 54.1 Å². The summed E-state index contributed by atoms with van der Waals surface area (Å²) >= 11 is 5.82. The molecule has 2 aromatic carbocycles. The molecule has 0 heterocycles. The predicted molar refractivity (Wildman–Crippen MR) is 80.4 cm³/mol. The van der Waals surface area contributed by atoms with Crippen molar-refractivity contribution in [2.75, 3.05) is 7.11 Å². The lowest BCUT2D eigenvalue weighted by Crippen LogP contribution is -1.81. The molecule has 0 aliphatic carbocycles. The lowest BCUT2D eigenvalue weighted by atomic mass is 10.2. The van der Waals surface area contributed by atoms with E-state index < -0.39 is 0 Å². The second-order valence-corrected chi connectivity index (χ2v) is 4.32.